The van der Waals surface area contributed by atoms with Crippen LogP contribution >= 0.6 is 0 Å². The van der Waals surface area contributed by atoms with Gasteiger partial charge in [-0.3, -0.25) is 4.90 Å². The van der Waals surface area contributed by atoms with Crippen LogP contribution in [-0.4, -0.2) is 36.6 Å². The third kappa shape index (κ3) is 1.83. The minimum atomic E-state index is 0.531. The maximum Gasteiger partial charge on any atom is 0.0331 e. The lowest BCUT2D eigenvalue weighted by Gasteiger charge is -2.50. The average Bonchev–Trinajstić information content (AvgIpc) is 3.08. The predicted molar refractivity (Wildman–Crippen MR) is 63.0 cm³/mol. The number of hydrogen-bond donors (Lipinski definition) is 1. The molecule has 1 unspecified atom stereocenters. The van der Waals surface area contributed by atoms with E-state index >= 15 is 0 Å². The van der Waals surface area contributed by atoms with Crippen molar-refractivity contribution in [2.75, 3.05) is 20.1 Å². The molecule has 1 atom stereocenters. The second kappa shape index (κ2) is 3.74. The maximum absolute atomic E-state index is 3.83. The zero-order valence-electron chi connectivity index (χ0n) is 9.97. The highest BCUT2D eigenvalue weighted by Gasteiger charge is 2.43. The molecule has 2 heteroatoms. The van der Waals surface area contributed by atoms with Gasteiger partial charge in [-0.25, -0.2) is 0 Å². The summed E-state index contributed by atoms with van der Waals surface area (Å²) in [7, 11) is 2.36. The zero-order chi connectivity index (χ0) is 10.3. The Morgan fingerprint density at radius 2 is 1.87 bits per heavy atom. The van der Waals surface area contributed by atoms with Crippen LogP contribution in [0.1, 0.15) is 44.9 Å². The molecule has 0 aromatic carbocycles. The molecule has 0 amide bonds. The highest BCUT2D eigenvalue weighted by Crippen LogP contribution is 2.39. The Kier molecular flexibility index (Phi) is 2.52. The Balaban J connectivity index is 1.65. The molecule has 0 bridgehead atoms. The summed E-state index contributed by atoms with van der Waals surface area (Å²) < 4.78 is 0. The van der Waals surface area contributed by atoms with Crippen molar-refractivity contribution in [3.8, 4) is 0 Å². The van der Waals surface area contributed by atoms with Gasteiger partial charge in [0.1, 0.15) is 0 Å². The molecule has 1 aliphatic heterocycles. The average molecular weight is 208 g/mol. The predicted octanol–water partition coefficient (Wildman–Crippen LogP) is 2.00. The summed E-state index contributed by atoms with van der Waals surface area (Å²) in [6, 6.07) is 0.808. The van der Waals surface area contributed by atoms with Crippen LogP contribution in [0.5, 0.6) is 0 Å². The number of rotatable bonds is 1. The molecule has 15 heavy (non-hydrogen) atoms. The van der Waals surface area contributed by atoms with E-state index in [1.165, 1.54) is 58.0 Å². The molecule has 2 saturated carbocycles. The Morgan fingerprint density at radius 1 is 1.13 bits per heavy atom. The molecule has 3 fully saturated rings. The van der Waals surface area contributed by atoms with E-state index in [1.807, 2.05) is 0 Å². The van der Waals surface area contributed by atoms with Gasteiger partial charge in [0.05, 0.1) is 0 Å². The molecular weight excluding hydrogens is 184 g/mol. The van der Waals surface area contributed by atoms with Gasteiger partial charge in [0, 0.05) is 24.7 Å². The number of piperazine rings is 1. The lowest BCUT2D eigenvalue weighted by Crippen LogP contribution is -2.64. The van der Waals surface area contributed by atoms with E-state index in [1.54, 1.807) is 0 Å². The molecular formula is C13H24N2. The van der Waals surface area contributed by atoms with Gasteiger partial charge in [-0.15, -0.1) is 0 Å². The third-order valence-corrected chi connectivity index (χ3v) is 4.95. The first-order valence-corrected chi connectivity index (χ1v) is 6.75. The zero-order valence-corrected chi connectivity index (χ0v) is 9.97. The van der Waals surface area contributed by atoms with Crippen LogP contribution in [0.3, 0.4) is 0 Å². The number of nitrogens with one attached hydrogen (secondary N) is 1. The summed E-state index contributed by atoms with van der Waals surface area (Å²) >= 11 is 0. The summed E-state index contributed by atoms with van der Waals surface area (Å²) in [4.78, 5) is 2.69. The number of likely N-dealkylation sites (N-methyl/N-ethyl adjacent to an activating group) is 1. The summed E-state index contributed by atoms with van der Waals surface area (Å²) in [6.07, 6.45) is 10.1. The molecule has 3 rings (SSSR count). The van der Waals surface area contributed by atoms with Gasteiger partial charge in [-0.2, -0.15) is 0 Å². The highest BCUT2D eigenvalue weighted by molar-refractivity contribution is 5.02. The fraction of sp³-hybridized carbons (Fsp3) is 1.00. The molecule has 86 valence electrons. The van der Waals surface area contributed by atoms with Gasteiger partial charge in [-0.05, 0) is 38.6 Å². The van der Waals surface area contributed by atoms with Crippen molar-refractivity contribution >= 4 is 0 Å². The van der Waals surface area contributed by atoms with Crippen molar-refractivity contribution in [3.05, 3.63) is 0 Å². The van der Waals surface area contributed by atoms with Gasteiger partial charge in [0.25, 0.3) is 0 Å². The second-order valence-corrected chi connectivity index (χ2v) is 5.99. The van der Waals surface area contributed by atoms with Crippen molar-refractivity contribution in [1.82, 2.24) is 10.2 Å². The summed E-state index contributed by atoms with van der Waals surface area (Å²) in [5.74, 6) is 1.01. The lowest BCUT2D eigenvalue weighted by atomic mass is 9.78. The van der Waals surface area contributed by atoms with Crippen molar-refractivity contribution in [2.45, 2.75) is 56.5 Å². The largest absolute Gasteiger partial charge is 0.311 e. The van der Waals surface area contributed by atoms with Crippen molar-refractivity contribution < 1.29 is 0 Å². The van der Waals surface area contributed by atoms with Gasteiger partial charge >= 0.3 is 0 Å². The van der Waals surface area contributed by atoms with Crippen LogP contribution in [0.4, 0.5) is 0 Å². The lowest BCUT2D eigenvalue weighted by molar-refractivity contribution is 0.0279. The first kappa shape index (κ1) is 10.1. The monoisotopic (exact) mass is 208 g/mol. The van der Waals surface area contributed by atoms with Crippen molar-refractivity contribution in [3.63, 3.8) is 0 Å². The minimum absolute atomic E-state index is 0.531. The summed E-state index contributed by atoms with van der Waals surface area (Å²) in [6.45, 7) is 2.55. The van der Waals surface area contributed by atoms with E-state index in [0.29, 0.717) is 5.54 Å². The molecule has 1 saturated heterocycles. The fourth-order valence-corrected chi connectivity index (χ4v) is 3.59. The Hall–Kier alpha value is -0.0800. The van der Waals surface area contributed by atoms with Crippen LogP contribution in [0, 0.1) is 5.92 Å². The van der Waals surface area contributed by atoms with Gasteiger partial charge in [0.2, 0.25) is 0 Å². The van der Waals surface area contributed by atoms with Gasteiger partial charge in [0.15, 0.2) is 0 Å². The molecule has 0 aromatic heterocycles. The van der Waals surface area contributed by atoms with Crippen LogP contribution < -0.4 is 5.32 Å². The topological polar surface area (TPSA) is 15.3 Å². The quantitative estimate of drug-likeness (QED) is 0.709. The first-order chi connectivity index (χ1) is 7.30. The van der Waals surface area contributed by atoms with Crippen LogP contribution in [-0.2, 0) is 0 Å². The van der Waals surface area contributed by atoms with Crippen LogP contribution in [0.15, 0.2) is 0 Å². The normalized spacial score (nSPS) is 37.0. The molecule has 1 heterocycles. The van der Waals surface area contributed by atoms with E-state index < -0.39 is 0 Å². The maximum atomic E-state index is 3.83. The van der Waals surface area contributed by atoms with Crippen LogP contribution in [0.2, 0.25) is 0 Å². The SMILES string of the molecule is CN1CC(C2CC2)NCC12CCCCC2. The van der Waals surface area contributed by atoms with Crippen LogP contribution in [0.25, 0.3) is 0 Å². The third-order valence-electron chi connectivity index (χ3n) is 4.95. The Bertz CT molecular complexity index is 229. The number of hydrogen-bond acceptors (Lipinski definition) is 2. The number of nitrogens with zero attached hydrogens (tertiary/aromatic N) is 1. The van der Waals surface area contributed by atoms with E-state index in [-0.39, 0.29) is 0 Å². The Morgan fingerprint density at radius 3 is 2.47 bits per heavy atom. The highest BCUT2D eigenvalue weighted by atomic mass is 15.3. The summed E-state index contributed by atoms with van der Waals surface area (Å²) in [5.41, 5.74) is 0.531. The van der Waals surface area contributed by atoms with E-state index in [9.17, 15) is 0 Å². The fourth-order valence-electron chi connectivity index (χ4n) is 3.59. The summed E-state index contributed by atoms with van der Waals surface area (Å²) in [5, 5.41) is 3.83. The Labute approximate surface area is 93.4 Å². The standard InChI is InChI=1S/C13H24N2/c1-15-9-12(11-5-6-11)14-10-13(15)7-3-2-4-8-13/h11-12,14H,2-10H2,1H3. The van der Waals surface area contributed by atoms with E-state index in [4.69, 9.17) is 0 Å². The molecule has 2 nitrogen and oxygen atoms in total. The molecule has 0 aromatic rings. The smallest absolute Gasteiger partial charge is 0.0331 e. The van der Waals surface area contributed by atoms with Gasteiger partial charge < -0.3 is 5.32 Å². The minimum Gasteiger partial charge on any atom is -0.311 e. The van der Waals surface area contributed by atoms with Gasteiger partial charge in [-0.1, -0.05) is 19.3 Å². The van der Waals surface area contributed by atoms with E-state index in [2.05, 4.69) is 17.3 Å². The molecule has 2 aliphatic carbocycles. The van der Waals surface area contributed by atoms with E-state index in [0.717, 1.165) is 12.0 Å². The molecule has 1 N–H and O–H groups in total. The first-order valence-electron chi connectivity index (χ1n) is 6.75. The second-order valence-electron chi connectivity index (χ2n) is 5.99. The molecule has 3 aliphatic rings. The molecule has 0 radical (unpaired) electrons. The van der Waals surface area contributed by atoms with Crippen molar-refractivity contribution in [1.29, 1.82) is 0 Å². The molecule has 1 spiro atoms. The van der Waals surface area contributed by atoms with Crippen molar-refractivity contribution in [2.24, 2.45) is 5.92 Å².